The van der Waals surface area contributed by atoms with E-state index in [4.69, 9.17) is 4.74 Å². The number of aromatic hydroxyl groups is 1. The highest BCUT2D eigenvalue weighted by Gasteiger charge is 2.46. The van der Waals surface area contributed by atoms with Gasteiger partial charge in [-0.25, -0.2) is 0 Å². The molecule has 0 spiro atoms. The number of hydrogen-bond donors (Lipinski definition) is 1. The molecule has 2 aliphatic rings. The Kier molecular flexibility index (Phi) is 4.60. The predicted molar refractivity (Wildman–Crippen MR) is 120 cm³/mol. The molecule has 2 nitrogen and oxygen atoms in total. The average molecular weight is 391 g/mol. The van der Waals surface area contributed by atoms with Crippen molar-refractivity contribution in [1.82, 2.24) is 0 Å². The number of allylic oxidation sites excluding steroid dienone is 2. The Morgan fingerprint density at radius 1 is 0.966 bits per heavy atom. The second-order valence-corrected chi connectivity index (χ2v) is 10.3. The first-order valence-corrected chi connectivity index (χ1v) is 10.8. The van der Waals surface area contributed by atoms with Crippen molar-refractivity contribution in [2.45, 2.75) is 78.2 Å². The van der Waals surface area contributed by atoms with Crippen LogP contribution in [-0.4, -0.2) is 10.7 Å². The summed E-state index contributed by atoms with van der Waals surface area (Å²) in [5.74, 6) is 1.95. The highest BCUT2D eigenvalue weighted by molar-refractivity contribution is 5.56. The summed E-state index contributed by atoms with van der Waals surface area (Å²) in [6.45, 7) is 15.3. The summed E-state index contributed by atoms with van der Waals surface area (Å²) in [6, 6.07) is 10.9. The fraction of sp³-hybridized carbons (Fsp3) is 0.481. The highest BCUT2D eigenvalue weighted by atomic mass is 16.5. The predicted octanol–water partition coefficient (Wildman–Crippen LogP) is 6.95. The molecule has 1 aliphatic carbocycles. The number of phenolic OH excluding ortho intramolecular Hbond substituents is 1. The number of fused-ring (bicyclic) bond motifs is 3. The van der Waals surface area contributed by atoms with Crippen LogP contribution in [0.2, 0.25) is 0 Å². The van der Waals surface area contributed by atoms with E-state index in [2.05, 4.69) is 78.8 Å². The summed E-state index contributed by atoms with van der Waals surface area (Å²) < 4.78 is 6.53. The van der Waals surface area contributed by atoms with Crippen LogP contribution < -0.4 is 4.74 Å². The van der Waals surface area contributed by atoms with E-state index in [1.165, 1.54) is 22.3 Å². The number of rotatable bonds is 2. The first-order chi connectivity index (χ1) is 13.5. The minimum atomic E-state index is -0.246. The van der Waals surface area contributed by atoms with E-state index >= 15 is 0 Å². The van der Waals surface area contributed by atoms with Gasteiger partial charge in [0.15, 0.2) is 0 Å². The molecule has 0 amide bonds. The van der Waals surface area contributed by atoms with Crippen molar-refractivity contribution in [1.29, 1.82) is 0 Å². The lowest BCUT2D eigenvalue weighted by atomic mass is 9.66. The molecule has 0 aromatic heterocycles. The van der Waals surface area contributed by atoms with Crippen molar-refractivity contribution >= 4 is 0 Å². The Morgan fingerprint density at radius 3 is 2.24 bits per heavy atom. The molecule has 2 atom stereocenters. The number of hydrogen-bond acceptors (Lipinski definition) is 2. The lowest BCUT2D eigenvalue weighted by molar-refractivity contribution is 0.00745. The van der Waals surface area contributed by atoms with E-state index in [1.54, 1.807) is 0 Å². The first-order valence-electron chi connectivity index (χ1n) is 10.8. The number of benzene rings is 2. The van der Waals surface area contributed by atoms with Crippen LogP contribution in [0, 0.1) is 19.8 Å². The number of ether oxygens (including phenoxy) is 1. The monoisotopic (exact) mass is 390 g/mol. The van der Waals surface area contributed by atoms with Gasteiger partial charge in [0.2, 0.25) is 0 Å². The van der Waals surface area contributed by atoms with Gasteiger partial charge in [-0.1, -0.05) is 54.8 Å². The van der Waals surface area contributed by atoms with E-state index in [0.717, 1.165) is 29.7 Å². The second kappa shape index (κ2) is 6.65. The molecule has 2 aromatic carbocycles. The zero-order valence-electron chi connectivity index (χ0n) is 18.9. The summed E-state index contributed by atoms with van der Waals surface area (Å²) in [6.07, 6.45) is 4.35. The lowest BCUT2D eigenvalue weighted by Crippen LogP contribution is -2.45. The van der Waals surface area contributed by atoms with Crippen LogP contribution in [0.3, 0.4) is 0 Å². The molecule has 0 bridgehead atoms. The van der Waals surface area contributed by atoms with Crippen molar-refractivity contribution in [2.24, 2.45) is 5.92 Å². The summed E-state index contributed by atoms with van der Waals surface area (Å²) in [5.41, 5.74) is 6.82. The molecule has 2 heteroatoms. The molecule has 4 rings (SSSR count). The molecule has 1 aliphatic heterocycles. The van der Waals surface area contributed by atoms with Gasteiger partial charge in [0.05, 0.1) is 0 Å². The van der Waals surface area contributed by atoms with Gasteiger partial charge in [-0.05, 0) is 70.7 Å². The standard InChI is InChI=1S/C27H34O2/c1-16-8-9-22-21(13-16)25-23(28)14-20(15-24(25)29-27(22,6)7)26(4,5)19-11-17(2)10-18(3)12-19/h8,10-12,14-15,21-22,28H,9,13H2,1-7H3/t21-,22-/m1/s1. The van der Waals surface area contributed by atoms with Gasteiger partial charge in [0.1, 0.15) is 17.1 Å². The normalized spacial score (nSPS) is 22.9. The van der Waals surface area contributed by atoms with Crippen LogP contribution in [0.25, 0.3) is 0 Å². The third-order valence-corrected chi connectivity index (χ3v) is 7.17. The fourth-order valence-corrected chi connectivity index (χ4v) is 5.43. The SMILES string of the molecule is CC1=CC[C@@H]2[C@@H](C1)c1c(O)cc(C(C)(C)c3cc(C)cc(C)c3)cc1OC2(C)C. The van der Waals surface area contributed by atoms with Crippen molar-refractivity contribution in [2.75, 3.05) is 0 Å². The van der Waals surface area contributed by atoms with Crippen molar-refractivity contribution in [3.8, 4) is 11.5 Å². The third-order valence-electron chi connectivity index (χ3n) is 7.17. The Bertz CT molecular complexity index is 974. The van der Waals surface area contributed by atoms with Gasteiger partial charge < -0.3 is 9.84 Å². The number of phenols is 1. The van der Waals surface area contributed by atoms with Crippen molar-refractivity contribution in [3.63, 3.8) is 0 Å². The van der Waals surface area contributed by atoms with Crippen molar-refractivity contribution < 1.29 is 9.84 Å². The third kappa shape index (κ3) is 3.37. The van der Waals surface area contributed by atoms with E-state index in [9.17, 15) is 5.11 Å². The molecule has 0 fully saturated rings. The summed E-state index contributed by atoms with van der Waals surface area (Å²) in [5, 5.41) is 11.2. The molecular formula is C27H34O2. The molecule has 1 N–H and O–H groups in total. The highest BCUT2D eigenvalue weighted by Crippen LogP contribution is 2.55. The van der Waals surface area contributed by atoms with Crippen LogP contribution in [0.4, 0.5) is 0 Å². The summed E-state index contributed by atoms with van der Waals surface area (Å²) in [4.78, 5) is 0. The summed E-state index contributed by atoms with van der Waals surface area (Å²) >= 11 is 0. The molecule has 2 aromatic rings. The Balaban J connectivity index is 1.84. The Morgan fingerprint density at radius 2 is 1.59 bits per heavy atom. The van der Waals surface area contributed by atoms with Gasteiger partial charge in [0.25, 0.3) is 0 Å². The Hall–Kier alpha value is -2.22. The van der Waals surface area contributed by atoms with Crippen LogP contribution in [0.15, 0.2) is 42.0 Å². The van der Waals surface area contributed by atoms with E-state index in [0.29, 0.717) is 17.6 Å². The van der Waals surface area contributed by atoms with E-state index in [1.807, 2.05) is 6.07 Å². The van der Waals surface area contributed by atoms with Crippen LogP contribution >= 0.6 is 0 Å². The lowest BCUT2D eigenvalue weighted by Gasteiger charge is -2.47. The van der Waals surface area contributed by atoms with E-state index < -0.39 is 0 Å². The minimum absolute atomic E-state index is 0.226. The number of aryl methyl sites for hydroxylation is 2. The molecule has 0 unspecified atom stereocenters. The first kappa shape index (κ1) is 20.1. The quantitative estimate of drug-likeness (QED) is 0.562. The zero-order chi connectivity index (χ0) is 21.1. The van der Waals surface area contributed by atoms with Crippen LogP contribution in [0.1, 0.15) is 81.2 Å². The maximum atomic E-state index is 11.2. The molecule has 0 saturated heterocycles. The molecule has 154 valence electrons. The molecule has 29 heavy (non-hydrogen) atoms. The summed E-state index contributed by atoms with van der Waals surface area (Å²) in [7, 11) is 0. The van der Waals surface area contributed by atoms with Crippen LogP contribution in [-0.2, 0) is 5.41 Å². The van der Waals surface area contributed by atoms with Gasteiger partial charge in [0, 0.05) is 22.8 Å². The van der Waals surface area contributed by atoms with Crippen molar-refractivity contribution in [3.05, 3.63) is 69.8 Å². The topological polar surface area (TPSA) is 29.5 Å². The van der Waals surface area contributed by atoms with Gasteiger partial charge in [-0.3, -0.25) is 0 Å². The smallest absolute Gasteiger partial charge is 0.127 e. The van der Waals surface area contributed by atoms with Gasteiger partial charge >= 0.3 is 0 Å². The fourth-order valence-electron chi connectivity index (χ4n) is 5.43. The zero-order valence-corrected chi connectivity index (χ0v) is 18.9. The maximum absolute atomic E-state index is 11.2. The Labute approximate surface area is 175 Å². The largest absolute Gasteiger partial charge is 0.508 e. The molecular weight excluding hydrogens is 356 g/mol. The molecule has 1 heterocycles. The molecule has 0 saturated carbocycles. The maximum Gasteiger partial charge on any atom is 0.127 e. The second-order valence-electron chi connectivity index (χ2n) is 10.3. The molecule has 0 radical (unpaired) electrons. The van der Waals surface area contributed by atoms with Gasteiger partial charge in [-0.2, -0.15) is 0 Å². The van der Waals surface area contributed by atoms with E-state index in [-0.39, 0.29) is 11.0 Å². The van der Waals surface area contributed by atoms with Crippen LogP contribution in [0.5, 0.6) is 11.5 Å². The van der Waals surface area contributed by atoms with Gasteiger partial charge in [-0.15, -0.1) is 0 Å². The minimum Gasteiger partial charge on any atom is -0.508 e. The average Bonchev–Trinajstić information content (AvgIpc) is 2.59.